The Morgan fingerprint density at radius 2 is 2.00 bits per heavy atom. The fourth-order valence-electron chi connectivity index (χ4n) is 2.40. The number of rotatable bonds is 6. The second-order valence-corrected chi connectivity index (χ2v) is 5.05. The van der Waals surface area contributed by atoms with Gasteiger partial charge in [0.15, 0.2) is 0 Å². The lowest BCUT2D eigenvalue weighted by molar-refractivity contribution is -0.148. The predicted molar refractivity (Wildman–Crippen MR) is 74.9 cm³/mol. The highest BCUT2D eigenvalue weighted by atomic mass is 16.5. The van der Waals surface area contributed by atoms with Crippen LogP contribution in [0.25, 0.3) is 0 Å². The molecule has 1 amide bonds. The van der Waals surface area contributed by atoms with Crippen LogP contribution in [0, 0.1) is 0 Å². The molecular formula is C15H19NO5. The van der Waals surface area contributed by atoms with Crippen molar-refractivity contribution in [2.45, 2.75) is 31.4 Å². The van der Waals surface area contributed by atoms with E-state index in [0.717, 1.165) is 5.75 Å². The molecule has 2 rings (SSSR count). The Morgan fingerprint density at radius 3 is 2.67 bits per heavy atom. The molecule has 0 spiro atoms. The van der Waals surface area contributed by atoms with Crippen LogP contribution in [0.5, 0.6) is 5.75 Å². The Labute approximate surface area is 122 Å². The molecule has 6 nitrogen and oxygen atoms in total. The number of ether oxygens (including phenoxy) is 1. The summed E-state index contributed by atoms with van der Waals surface area (Å²) in [6.07, 6.45) is 0.0630. The second kappa shape index (κ2) is 7.08. The zero-order valence-corrected chi connectivity index (χ0v) is 11.6. The number of hydrogen-bond donors (Lipinski definition) is 2. The molecule has 21 heavy (non-hydrogen) atoms. The van der Waals surface area contributed by atoms with Gasteiger partial charge in [0.2, 0.25) is 5.91 Å². The molecule has 1 aliphatic rings. The lowest BCUT2D eigenvalue weighted by atomic mass is 10.2. The Balaban J connectivity index is 1.75. The van der Waals surface area contributed by atoms with Gasteiger partial charge in [-0.05, 0) is 18.6 Å². The number of aliphatic carboxylic acids is 1. The number of aliphatic hydroxyl groups is 1. The minimum Gasteiger partial charge on any atom is -0.494 e. The summed E-state index contributed by atoms with van der Waals surface area (Å²) in [6.45, 7) is 0.485. The number of carboxylic acids is 1. The monoisotopic (exact) mass is 293 g/mol. The minimum atomic E-state index is -1.07. The first-order valence-electron chi connectivity index (χ1n) is 6.96. The number of amides is 1. The molecule has 0 saturated carbocycles. The van der Waals surface area contributed by atoms with Crippen molar-refractivity contribution in [3.8, 4) is 5.75 Å². The molecule has 2 N–H and O–H groups in total. The van der Waals surface area contributed by atoms with Gasteiger partial charge in [-0.15, -0.1) is 0 Å². The topological polar surface area (TPSA) is 87.1 Å². The summed E-state index contributed by atoms with van der Waals surface area (Å²) < 4.78 is 5.48. The van der Waals surface area contributed by atoms with Gasteiger partial charge < -0.3 is 19.8 Å². The minimum absolute atomic E-state index is 0.0926. The molecule has 0 radical (unpaired) electrons. The van der Waals surface area contributed by atoms with Gasteiger partial charge in [-0.3, -0.25) is 4.79 Å². The normalized spacial score (nSPS) is 21.3. The number of likely N-dealkylation sites (tertiary alicyclic amines) is 1. The summed E-state index contributed by atoms with van der Waals surface area (Å²) in [4.78, 5) is 24.3. The van der Waals surface area contributed by atoms with E-state index in [-0.39, 0.29) is 25.3 Å². The third-order valence-corrected chi connectivity index (χ3v) is 3.43. The number of hydrogen-bond acceptors (Lipinski definition) is 4. The highest BCUT2D eigenvalue weighted by Gasteiger charge is 2.38. The van der Waals surface area contributed by atoms with Crippen molar-refractivity contribution in [2.75, 3.05) is 13.2 Å². The molecule has 1 saturated heterocycles. The quantitative estimate of drug-likeness (QED) is 0.761. The molecule has 1 fully saturated rings. The molecule has 1 aromatic carbocycles. The van der Waals surface area contributed by atoms with Crippen molar-refractivity contribution in [1.82, 2.24) is 4.90 Å². The van der Waals surface area contributed by atoms with Gasteiger partial charge in [0, 0.05) is 19.4 Å². The van der Waals surface area contributed by atoms with Gasteiger partial charge in [-0.25, -0.2) is 4.79 Å². The van der Waals surface area contributed by atoms with E-state index in [1.165, 1.54) is 4.90 Å². The second-order valence-electron chi connectivity index (χ2n) is 5.05. The summed E-state index contributed by atoms with van der Waals surface area (Å²) in [6, 6.07) is 8.37. The van der Waals surface area contributed by atoms with E-state index in [1.54, 1.807) is 0 Å². The largest absolute Gasteiger partial charge is 0.494 e. The van der Waals surface area contributed by atoms with E-state index in [1.807, 2.05) is 30.3 Å². The summed E-state index contributed by atoms with van der Waals surface area (Å²) in [5.41, 5.74) is 0. The van der Waals surface area contributed by atoms with Crippen molar-refractivity contribution in [3.05, 3.63) is 30.3 Å². The molecule has 6 heteroatoms. The number of nitrogens with zero attached hydrogens (tertiary/aromatic N) is 1. The third kappa shape index (κ3) is 4.19. The predicted octanol–water partition coefficient (Wildman–Crippen LogP) is 0.892. The molecule has 1 aromatic rings. The van der Waals surface area contributed by atoms with Crippen molar-refractivity contribution < 1.29 is 24.5 Å². The third-order valence-electron chi connectivity index (χ3n) is 3.43. The van der Waals surface area contributed by atoms with Gasteiger partial charge in [0.1, 0.15) is 11.8 Å². The Morgan fingerprint density at radius 1 is 1.29 bits per heavy atom. The van der Waals surface area contributed by atoms with Crippen molar-refractivity contribution >= 4 is 11.9 Å². The smallest absolute Gasteiger partial charge is 0.326 e. The van der Waals surface area contributed by atoms with Crippen LogP contribution in [0.1, 0.15) is 19.3 Å². The standard InChI is InChI=1S/C15H19NO5/c17-11-9-13(15(19)20)16(10-11)14(18)7-4-8-21-12-5-2-1-3-6-12/h1-3,5-6,11,13,17H,4,7-10H2,(H,19,20)/t11-,13+/m1/s1. The maximum atomic E-state index is 12.0. The van der Waals surface area contributed by atoms with E-state index in [9.17, 15) is 14.7 Å². The van der Waals surface area contributed by atoms with E-state index in [2.05, 4.69) is 0 Å². The fraction of sp³-hybridized carbons (Fsp3) is 0.467. The van der Waals surface area contributed by atoms with Crippen LogP contribution in [0.2, 0.25) is 0 Å². The van der Waals surface area contributed by atoms with Crippen LogP contribution < -0.4 is 4.74 Å². The molecule has 0 aliphatic carbocycles. The van der Waals surface area contributed by atoms with Crippen LogP contribution in [-0.2, 0) is 9.59 Å². The molecular weight excluding hydrogens is 274 g/mol. The Hall–Kier alpha value is -2.08. The first-order chi connectivity index (χ1) is 10.1. The highest BCUT2D eigenvalue weighted by molar-refractivity contribution is 5.84. The summed E-state index contributed by atoms with van der Waals surface area (Å²) in [5, 5.41) is 18.5. The summed E-state index contributed by atoms with van der Waals surface area (Å²) in [5.74, 6) is -0.582. The number of carbonyl (C=O) groups excluding carboxylic acids is 1. The van der Waals surface area contributed by atoms with Gasteiger partial charge in [0.25, 0.3) is 0 Å². The SMILES string of the molecule is O=C(O)[C@@H]1C[C@@H](O)CN1C(=O)CCCOc1ccccc1. The van der Waals surface area contributed by atoms with Crippen molar-refractivity contribution in [2.24, 2.45) is 0 Å². The number of β-amino-alcohol motifs (C(OH)–C–C–N with tert-alkyl or cyclic N) is 1. The van der Waals surface area contributed by atoms with Crippen LogP contribution in [0.15, 0.2) is 30.3 Å². The first-order valence-corrected chi connectivity index (χ1v) is 6.96. The van der Waals surface area contributed by atoms with Crippen LogP contribution in [0.3, 0.4) is 0 Å². The Bertz CT molecular complexity index is 490. The number of carbonyl (C=O) groups is 2. The highest BCUT2D eigenvalue weighted by Crippen LogP contribution is 2.19. The summed E-state index contributed by atoms with van der Waals surface area (Å²) in [7, 11) is 0. The van der Waals surface area contributed by atoms with E-state index < -0.39 is 18.1 Å². The van der Waals surface area contributed by atoms with Gasteiger partial charge >= 0.3 is 5.97 Å². The molecule has 1 aliphatic heterocycles. The molecule has 114 valence electrons. The maximum absolute atomic E-state index is 12.0. The van der Waals surface area contributed by atoms with E-state index in [0.29, 0.717) is 13.0 Å². The van der Waals surface area contributed by atoms with Crippen LogP contribution >= 0.6 is 0 Å². The van der Waals surface area contributed by atoms with Crippen molar-refractivity contribution in [1.29, 1.82) is 0 Å². The molecule has 0 bridgehead atoms. The average Bonchev–Trinajstić information content (AvgIpc) is 2.87. The first kappa shape index (κ1) is 15.3. The molecule has 0 aromatic heterocycles. The number of carboxylic acid groups (broad SMARTS) is 1. The van der Waals surface area contributed by atoms with Gasteiger partial charge in [-0.1, -0.05) is 18.2 Å². The molecule has 0 unspecified atom stereocenters. The zero-order valence-electron chi connectivity index (χ0n) is 11.6. The zero-order chi connectivity index (χ0) is 15.2. The van der Waals surface area contributed by atoms with Gasteiger partial charge in [-0.2, -0.15) is 0 Å². The lowest BCUT2D eigenvalue weighted by Crippen LogP contribution is -2.40. The number of para-hydroxylation sites is 1. The molecule has 1 heterocycles. The molecule has 2 atom stereocenters. The van der Waals surface area contributed by atoms with Gasteiger partial charge in [0.05, 0.1) is 12.7 Å². The van der Waals surface area contributed by atoms with Crippen LogP contribution in [0.4, 0.5) is 0 Å². The summed E-state index contributed by atoms with van der Waals surface area (Å²) >= 11 is 0. The van der Waals surface area contributed by atoms with E-state index >= 15 is 0 Å². The lowest BCUT2D eigenvalue weighted by Gasteiger charge is -2.21. The average molecular weight is 293 g/mol. The Kier molecular flexibility index (Phi) is 5.16. The van der Waals surface area contributed by atoms with Crippen LogP contribution in [-0.4, -0.2) is 52.3 Å². The number of benzene rings is 1. The van der Waals surface area contributed by atoms with Crippen molar-refractivity contribution in [3.63, 3.8) is 0 Å². The maximum Gasteiger partial charge on any atom is 0.326 e. The van der Waals surface area contributed by atoms with E-state index in [4.69, 9.17) is 9.84 Å². The fourth-order valence-corrected chi connectivity index (χ4v) is 2.40. The number of aliphatic hydroxyl groups excluding tert-OH is 1.